The molecule has 2 amide bonds. The molecular weight excluding hydrogens is 266 g/mol. The Labute approximate surface area is 115 Å². The molecule has 0 aliphatic heterocycles. The van der Waals surface area contributed by atoms with Crippen LogP contribution in [0, 0.1) is 12.3 Å². The van der Waals surface area contributed by atoms with Gasteiger partial charge in [0.15, 0.2) is 5.69 Å². The van der Waals surface area contributed by atoms with Gasteiger partial charge in [0.1, 0.15) is 5.01 Å². The average molecular weight is 281 g/mol. The highest BCUT2D eigenvalue weighted by atomic mass is 32.1. The molecule has 1 aromatic heterocycles. The van der Waals surface area contributed by atoms with Gasteiger partial charge in [0.05, 0.1) is 6.04 Å². The molecule has 0 fully saturated rings. The molecule has 7 heteroatoms. The first-order chi connectivity index (χ1) is 9.04. The number of amides is 2. The summed E-state index contributed by atoms with van der Waals surface area (Å²) in [6.07, 6.45) is 6.43. The quantitative estimate of drug-likeness (QED) is 0.546. The molecular formula is C12H15N3O3S. The number of aromatic nitrogens is 1. The fourth-order valence-electron chi connectivity index (χ4n) is 1.29. The summed E-state index contributed by atoms with van der Waals surface area (Å²) in [7, 11) is 0. The van der Waals surface area contributed by atoms with Crippen molar-refractivity contribution in [1.29, 1.82) is 0 Å². The number of nitrogens with one attached hydrogen (secondary N) is 2. The van der Waals surface area contributed by atoms with Crippen molar-refractivity contribution in [3.05, 3.63) is 16.1 Å². The minimum absolute atomic E-state index is 0.0110. The number of unbranched alkanes of at least 4 members (excludes halogenated alkanes) is 1. The van der Waals surface area contributed by atoms with E-state index >= 15 is 0 Å². The van der Waals surface area contributed by atoms with Gasteiger partial charge in [0, 0.05) is 18.3 Å². The van der Waals surface area contributed by atoms with Crippen LogP contribution in [-0.4, -0.2) is 28.6 Å². The molecule has 1 aromatic rings. The summed E-state index contributed by atoms with van der Waals surface area (Å²) >= 11 is 1.20. The second-order valence-electron chi connectivity index (χ2n) is 3.81. The first kappa shape index (κ1) is 15.0. The Balaban J connectivity index is 2.41. The summed E-state index contributed by atoms with van der Waals surface area (Å²) in [4.78, 5) is 26.1. The van der Waals surface area contributed by atoms with Crippen LogP contribution in [0.4, 0.5) is 4.79 Å². The third kappa shape index (κ3) is 4.97. The second-order valence-corrected chi connectivity index (χ2v) is 4.70. The number of carboxylic acids is 1. The van der Waals surface area contributed by atoms with Gasteiger partial charge in [-0.1, -0.05) is 0 Å². The molecule has 0 saturated carbocycles. The molecule has 19 heavy (non-hydrogen) atoms. The van der Waals surface area contributed by atoms with Gasteiger partial charge in [-0.05, 0) is 13.3 Å². The third-order valence-electron chi connectivity index (χ3n) is 2.24. The number of aromatic carboxylic acids is 1. The maximum Gasteiger partial charge on any atom is 0.355 e. The molecule has 0 aliphatic rings. The molecule has 0 bridgehead atoms. The Morgan fingerprint density at radius 2 is 2.37 bits per heavy atom. The standard InChI is InChI=1S/C12H15N3O3S/c1-3-4-5-6-13-12(18)14-8(2)10-15-9(7-19-10)11(16)17/h1,7-8H,4-6H2,2H3,(H,16,17)(H2,13,14,18). The maximum atomic E-state index is 11.5. The smallest absolute Gasteiger partial charge is 0.355 e. The molecule has 6 nitrogen and oxygen atoms in total. The van der Waals surface area contributed by atoms with Gasteiger partial charge < -0.3 is 15.7 Å². The number of urea groups is 1. The van der Waals surface area contributed by atoms with Gasteiger partial charge in [0.25, 0.3) is 0 Å². The van der Waals surface area contributed by atoms with Crippen molar-refractivity contribution in [2.45, 2.75) is 25.8 Å². The lowest BCUT2D eigenvalue weighted by atomic mass is 10.3. The van der Waals surface area contributed by atoms with E-state index in [0.717, 1.165) is 6.42 Å². The van der Waals surface area contributed by atoms with Crippen LogP contribution in [0.1, 0.15) is 41.3 Å². The molecule has 0 spiro atoms. The lowest BCUT2D eigenvalue weighted by molar-refractivity contribution is 0.0691. The Morgan fingerprint density at radius 3 is 2.95 bits per heavy atom. The molecule has 0 saturated heterocycles. The predicted octanol–water partition coefficient (Wildman–Crippen LogP) is 1.61. The lowest BCUT2D eigenvalue weighted by Crippen LogP contribution is -2.37. The Kier molecular flexibility index (Phi) is 5.82. The number of nitrogens with zero attached hydrogens (tertiary/aromatic N) is 1. The van der Waals surface area contributed by atoms with E-state index in [0.29, 0.717) is 18.0 Å². The molecule has 0 aliphatic carbocycles. The monoisotopic (exact) mass is 281 g/mol. The Morgan fingerprint density at radius 1 is 1.63 bits per heavy atom. The number of carboxylic acid groups (broad SMARTS) is 1. The second kappa shape index (κ2) is 7.38. The van der Waals surface area contributed by atoms with E-state index < -0.39 is 5.97 Å². The summed E-state index contributed by atoms with van der Waals surface area (Å²) < 4.78 is 0. The molecule has 102 valence electrons. The average Bonchev–Trinajstić information content (AvgIpc) is 2.84. The summed E-state index contributed by atoms with van der Waals surface area (Å²) in [5, 5.41) is 16.1. The third-order valence-corrected chi connectivity index (χ3v) is 3.27. The van der Waals surface area contributed by atoms with Crippen LogP contribution in [0.15, 0.2) is 5.38 Å². The number of terminal acetylenes is 1. The van der Waals surface area contributed by atoms with Crippen molar-refractivity contribution in [2.75, 3.05) is 6.54 Å². The molecule has 1 atom stereocenters. The van der Waals surface area contributed by atoms with Crippen LogP contribution in [0.2, 0.25) is 0 Å². The molecule has 0 aromatic carbocycles. The van der Waals surface area contributed by atoms with Gasteiger partial charge in [-0.25, -0.2) is 14.6 Å². The Hall–Kier alpha value is -2.07. The summed E-state index contributed by atoms with van der Waals surface area (Å²) in [5.41, 5.74) is -0.0110. The number of hydrogen-bond donors (Lipinski definition) is 3. The van der Waals surface area contributed by atoms with Crippen LogP contribution in [0.3, 0.4) is 0 Å². The van der Waals surface area contributed by atoms with Gasteiger partial charge in [-0.3, -0.25) is 0 Å². The van der Waals surface area contributed by atoms with Crippen LogP contribution >= 0.6 is 11.3 Å². The van der Waals surface area contributed by atoms with Crippen LogP contribution in [0.5, 0.6) is 0 Å². The first-order valence-electron chi connectivity index (χ1n) is 5.71. The summed E-state index contributed by atoms with van der Waals surface area (Å²) in [5.74, 6) is 1.41. The van der Waals surface area contributed by atoms with Gasteiger partial charge in [0.2, 0.25) is 0 Å². The van der Waals surface area contributed by atoms with Gasteiger partial charge >= 0.3 is 12.0 Å². The zero-order chi connectivity index (χ0) is 14.3. The van der Waals surface area contributed by atoms with E-state index in [1.54, 1.807) is 6.92 Å². The lowest BCUT2D eigenvalue weighted by Gasteiger charge is -2.11. The first-order valence-corrected chi connectivity index (χ1v) is 6.59. The van der Waals surface area contributed by atoms with Crippen LogP contribution < -0.4 is 10.6 Å². The number of rotatable bonds is 6. The van der Waals surface area contributed by atoms with E-state index in [9.17, 15) is 9.59 Å². The molecule has 1 unspecified atom stereocenters. The fourth-order valence-corrected chi connectivity index (χ4v) is 2.09. The summed E-state index contributed by atoms with van der Waals surface area (Å²) in [6.45, 7) is 2.24. The highest BCUT2D eigenvalue weighted by Crippen LogP contribution is 2.17. The van der Waals surface area contributed by atoms with E-state index in [1.807, 2.05) is 0 Å². The highest BCUT2D eigenvalue weighted by molar-refractivity contribution is 7.09. The fraction of sp³-hybridized carbons (Fsp3) is 0.417. The van der Waals surface area contributed by atoms with Crippen molar-refractivity contribution in [1.82, 2.24) is 15.6 Å². The summed E-state index contributed by atoms with van der Waals surface area (Å²) in [6, 6.07) is -0.665. The van der Waals surface area contributed by atoms with Gasteiger partial charge in [-0.2, -0.15) is 0 Å². The maximum absolute atomic E-state index is 11.5. The van der Waals surface area contributed by atoms with Crippen molar-refractivity contribution in [2.24, 2.45) is 0 Å². The van der Waals surface area contributed by atoms with E-state index in [1.165, 1.54) is 16.7 Å². The van der Waals surface area contributed by atoms with E-state index in [-0.39, 0.29) is 17.8 Å². The number of hydrogen-bond acceptors (Lipinski definition) is 4. The van der Waals surface area contributed by atoms with E-state index in [4.69, 9.17) is 11.5 Å². The topological polar surface area (TPSA) is 91.3 Å². The molecule has 1 heterocycles. The van der Waals surface area contributed by atoms with E-state index in [2.05, 4.69) is 21.5 Å². The van der Waals surface area contributed by atoms with Crippen molar-refractivity contribution >= 4 is 23.3 Å². The van der Waals surface area contributed by atoms with Crippen molar-refractivity contribution in [3.63, 3.8) is 0 Å². The Bertz CT molecular complexity index is 493. The van der Waals surface area contributed by atoms with Gasteiger partial charge in [-0.15, -0.1) is 23.7 Å². The highest BCUT2D eigenvalue weighted by Gasteiger charge is 2.15. The number of carbonyl (C=O) groups excluding carboxylic acids is 1. The normalized spacial score (nSPS) is 11.4. The van der Waals surface area contributed by atoms with Crippen molar-refractivity contribution < 1.29 is 14.7 Å². The number of thiazole rings is 1. The molecule has 0 radical (unpaired) electrons. The largest absolute Gasteiger partial charge is 0.476 e. The minimum Gasteiger partial charge on any atom is -0.476 e. The zero-order valence-corrected chi connectivity index (χ0v) is 11.3. The number of carbonyl (C=O) groups is 2. The van der Waals surface area contributed by atoms with Crippen molar-refractivity contribution in [3.8, 4) is 12.3 Å². The molecule has 1 rings (SSSR count). The van der Waals surface area contributed by atoms with Crippen LogP contribution in [-0.2, 0) is 0 Å². The van der Waals surface area contributed by atoms with Crippen LogP contribution in [0.25, 0.3) is 0 Å². The minimum atomic E-state index is -1.08. The molecule has 3 N–H and O–H groups in total. The predicted molar refractivity (Wildman–Crippen MR) is 72.1 cm³/mol. The zero-order valence-electron chi connectivity index (χ0n) is 10.5. The SMILES string of the molecule is C#CCCCNC(=O)NC(C)c1nc(C(=O)O)cs1.